The van der Waals surface area contributed by atoms with E-state index in [0.29, 0.717) is 5.56 Å². The topological polar surface area (TPSA) is 64.1 Å². The smallest absolute Gasteiger partial charge is 0.237 e. The monoisotopic (exact) mass is 319 g/mol. The van der Waals surface area contributed by atoms with Gasteiger partial charge in [-0.2, -0.15) is 0 Å². The average Bonchev–Trinajstić information content (AvgIpc) is 2.43. The number of hydrogen-bond acceptors (Lipinski definition) is 3. The molecule has 0 fully saturated rings. The van der Waals surface area contributed by atoms with E-state index < -0.39 is 21.9 Å². The van der Waals surface area contributed by atoms with Crippen LogP contribution in [0, 0.1) is 5.82 Å². The second-order valence-corrected chi connectivity index (χ2v) is 5.62. The maximum atomic E-state index is 13.8. The summed E-state index contributed by atoms with van der Waals surface area (Å²) in [5, 5.41) is 2.71. The Morgan fingerprint density at radius 3 is 2.43 bits per heavy atom. The van der Waals surface area contributed by atoms with Gasteiger partial charge in [-0.3, -0.25) is 0 Å². The van der Waals surface area contributed by atoms with Crippen molar-refractivity contribution in [3.05, 3.63) is 47.8 Å². The summed E-state index contributed by atoms with van der Waals surface area (Å²) in [4.78, 5) is -0.668. The second-order valence-electron chi connectivity index (χ2n) is 4.34. The number of benzene rings is 2. The molecule has 0 atom stereocenters. The Bertz CT molecular complexity index is 658. The van der Waals surface area contributed by atoms with E-state index in [-0.39, 0.29) is 23.6 Å². The second kappa shape index (κ2) is 5.72. The summed E-state index contributed by atoms with van der Waals surface area (Å²) in [5.74, 6) is -0.715. The third kappa shape index (κ3) is 3.52. The SMILES string of the molecule is Nc1ccc(NCc2cccc(S(F)(F)F)c2)c(F)c1N. The normalized spacial score (nSPS) is 12.2. The number of halogens is 4. The highest BCUT2D eigenvalue weighted by molar-refractivity contribution is 8.20. The van der Waals surface area contributed by atoms with Gasteiger partial charge in [0.15, 0.2) is 5.82 Å². The van der Waals surface area contributed by atoms with Crippen molar-refractivity contribution in [1.29, 1.82) is 0 Å². The van der Waals surface area contributed by atoms with Crippen LogP contribution < -0.4 is 16.8 Å². The lowest BCUT2D eigenvalue weighted by Gasteiger charge is -2.13. The Morgan fingerprint density at radius 1 is 1.05 bits per heavy atom. The molecule has 0 saturated carbocycles. The van der Waals surface area contributed by atoms with Crippen molar-refractivity contribution in [2.45, 2.75) is 11.4 Å². The zero-order valence-corrected chi connectivity index (χ0v) is 11.6. The van der Waals surface area contributed by atoms with Gasteiger partial charge in [-0.1, -0.05) is 12.1 Å². The molecule has 0 heterocycles. The molecule has 0 spiro atoms. The predicted molar refractivity (Wildman–Crippen MR) is 78.2 cm³/mol. The molecule has 0 aromatic heterocycles. The Hall–Kier alpha value is -2.09. The molecular formula is C13H13F4N3S. The molecule has 0 amide bonds. The Kier molecular flexibility index (Phi) is 4.17. The molecule has 0 bridgehead atoms. The summed E-state index contributed by atoms with van der Waals surface area (Å²) in [6, 6.07) is 7.72. The molecule has 0 unspecified atom stereocenters. The summed E-state index contributed by atoms with van der Waals surface area (Å²) in [6.07, 6.45) is 0. The molecule has 0 aliphatic rings. The molecule has 2 rings (SSSR count). The lowest BCUT2D eigenvalue weighted by molar-refractivity contribution is 0.632. The van der Waals surface area contributed by atoms with E-state index >= 15 is 0 Å². The van der Waals surface area contributed by atoms with Gasteiger partial charge in [0.2, 0.25) is 11.2 Å². The van der Waals surface area contributed by atoms with E-state index in [0.717, 1.165) is 12.1 Å². The first-order chi connectivity index (χ1) is 9.79. The molecular weight excluding hydrogens is 306 g/mol. The maximum Gasteiger partial charge on any atom is 0.237 e. The van der Waals surface area contributed by atoms with Gasteiger partial charge in [-0.15, -0.1) is 11.7 Å². The zero-order chi connectivity index (χ0) is 15.6. The fourth-order valence-corrected chi connectivity index (χ4v) is 2.26. The number of hydrogen-bond donors (Lipinski definition) is 3. The van der Waals surface area contributed by atoms with Crippen molar-refractivity contribution < 1.29 is 16.0 Å². The van der Waals surface area contributed by atoms with Gasteiger partial charge in [-0.05, 0) is 29.8 Å². The lowest BCUT2D eigenvalue weighted by atomic mass is 10.2. The molecule has 0 radical (unpaired) electrons. The molecule has 2 aromatic carbocycles. The molecule has 3 nitrogen and oxygen atoms in total. The van der Waals surface area contributed by atoms with E-state index in [2.05, 4.69) is 5.32 Å². The van der Waals surface area contributed by atoms with Crippen LogP contribution in [0.3, 0.4) is 0 Å². The molecule has 0 aliphatic carbocycles. The third-order valence-electron chi connectivity index (χ3n) is 2.86. The van der Waals surface area contributed by atoms with Crippen LogP contribution >= 0.6 is 11.2 Å². The largest absolute Gasteiger partial charge is 0.397 e. The van der Waals surface area contributed by atoms with Gasteiger partial charge in [0.25, 0.3) is 0 Å². The van der Waals surface area contributed by atoms with E-state index in [1.807, 2.05) is 0 Å². The first-order valence-electron chi connectivity index (χ1n) is 5.87. The highest BCUT2D eigenvalue weighted by atomic mass is 32.3. The fourth-order valence-electron chi connectivity index (χ4n) is 1.74. The van der Waals surface area contributed by atoms with Crippen LogP contribution in [0.2, 0.25) is 0 Å². The van der Waals surface area contributed by atoms with Crippen LogP contribution in [-0.2, 0) is 6.54 Å². The summed E-state index contributed by atoms with van der Waals surface area (Å²) in [7, 11) is 0. The van der Waals surface area contributed by atoms with Gasteiger partial charge < -0.3 is 16.8 Å². The fraction of sp³-hybridized carbons (Fsp3) is 0.0769. The van der Waals surface area contributed by atoms with Crippen LogP contribution in [0.1, 0.15) is 5.56 Å². The molecule has 8 heteroatoms. The van der Waals surface area contributed by atoms with Crippen LogP contribution in [0.15, 0.2) is 41.3 Å². The standard InChI is InChI=1S/C13H13F4N3S/c14-12-11(5-4-10(18)13(12)19)20-7-8-2-1-3-9(6-8)21(15,16)17/h1-6,20H,7,18-19H2. The minimum atomic E-state index is -5.27. The van der Waals surface area contributed by atoms with Crippen molar-refractivity contribution in [3.63, 3.8) is 0 Å². The number of rotatable bonds is 4. The van der Waals surface area contributed by atoms with Crippen molar-refractivity contribution in [2.24, 2.45) is 0 Å². The first-order valence-corrected chi connectivity index (χ1v) is 7.21. The van der Waals surface area contributed by atoms with Crippen molar-refractivity contribution in [3.8, 4) is 0 Å². The molecule has 2 aromatic rings. The van der Waals surface area contributed by atoms with E-state index in [1.54, 1.807) is 0 Å². The van der Waals surface area contributed by atoms with E-state index in [9.17, 15) is 16.0 Å². The lowest BCUT2D eigenvalue weighted by Crippen LogP contribution is -2.05. The van der Waals surface area contributed by atoms with Crippen LogP contribution in [0.5, 0.6) is 0 Å². The first kappa shape index (κ1) is 15.3. The average molecular weight is 319 g/mol. The van der Waals surface area contributed by atoms with Gasteiger partial charge in [0.1, 0.15) is 0 Å². The quantitative estimate of drug-likeness (QED) is 0.577. The van der Waals surface area contributed by atoms with Gasteiger partial charge in [0.05, 0.1) is 22.0 Å². The zero-order valence-electron chi connectivity index (χ0n) is 10.7. The molecule has 21 heavy (non-hydrogen) atoms. The minimum absolute atomic E-state index is 0.0453. The maximum absolute atomic E-state index is 13.8. The van der Waals surface area contributed by atoms with Crippen molar-refractivity contribution in [1.82, 2.24) is 0 Å². The Balaban J connectivity index is 2.16. The van der Waals surface area contributed by atoms with Gasteiger partial charge in [0, 0.05) is 6.54 Å². The highest BCUT2D eigenvalue weighted by Crippen LogP contribution is 2.60. The molecule has 5 N–H and O–H groups in total. The van der Waals surface area contributed by atoms with Gasteiger partial charge in [-0.25, -0.2) is 4.39 Å². The Labute approximate surface area is 121 Å². The summed E-state index contributed by atoms with van der Waals surface area (Å²) < 4.78 is 51.8. The third-order valence-corrected chi connectivity index (χ3v) is 3.65. The van der Waals surface area contributed by atoms with E-state index in [4.69, 9.17) is 11.5 Å². The van der Waals surface area contributed by atoms with Crippen molar-refractivity contribution >= 4 is 28.2 Å². The van der Waals surface area contributed by atoms with Crippen LogP contribution in [0.25, 0.3) is 0 Å². The predicted octanol–water partition coefficient (Wildman–Crippen LogP) is 4.42. The highest BCUT2D eigenvalue weighted by Gasteiger charge is 2.24. The number of anilines is 3. The molecule has 0 saturated heterocycles. The molecule has 0 aliphatic heterocycles. The summed E-state index contributed by atoms with van der Waals surface area (Å²) in [5.41, 5.74) is 11.3. The van der Waals surface area contributed by atoms with Crippen LogP contribution in [0.4, 0.5) is 33.1 Å². The van der Waals surface area contributed by atoms with E-state index in [1.165, 1.54) is 24.3 Å². The van der Waals surface area contributed by atoms with Crippen molar-refractivity contribution in [2.75, 3.05) is 16.8 Å². The van der Waals surface area contributed by atoms with Gasteiger partial charge >= 0.3 is 0 Å². The molecule has 114 valence electrons. The van der Waals surface area contributed by atoms with Crippen LogP contribution in [-0.4, -0.2) is 0 Å². The number of nitrogens with two attached hydrogens (primary N) is 2. The summed E-state index contributed by atoms with van der Waals surface area (Å²) in [6.45, 7) is 0.0453. The number of nitrogens with one attached hydrogen (secondary N) is 1. The summed E-state index contributed by atoms with van der Waals surface area (Å²) >= 11 is -5.27. The number of nitrogen functional groups attached to an aromatic ring is 2. The Morgan fingerprint density at radius 2 is 1.76 bits per heavy atom. The minimum Gasteiger partial charge on any atom is -0.397 e.